The Morgan fingerprint density at radius 1 is 1.53 bits per heavy atom. The second kappa shape index (κ2) is 6.02. The Labute approximate surface area is 114 Å². The van der Waals surface area contributed by atoms with E-state index in [2.05, 4.69) is 5.10 Å². The molecule has 0 atom stereocenters. The van der Waals surface area contributed by atoms with Crippen molar-refractivity contribution < 1.29 is 13.5 Å². The van der Waals surface area contributed by atoms with Crippen LogP contribution in [0.2, 0.25) is 0 Å². The van der Waals surface area contributed by atoms with E-state index in [1.54, 1.807) is 10.9 Å². The van der Waals surface area contributed by atoms with Crippen LogP contribution in [0.1, 0.15) is 26.2 Å². The van der Waals surface area contributed by atoms with Gasteiger partial charge in [0.2, 0.25) is 10.0 Å². The molecule has 1 aromatic heterocycles. The van der Waals surface area contributed by atoms with Gasteiger partial charge in [0.05, 0.1) is 6.20 Å². The Bertz CT molecular complexity index is 508. The maximum atomic E-state index is 12.4. The molecular weight excluding hydrogens is 266 g/mol. The van der Waals surface area contributed by atoms with Gasteiger partial charge in [0.15, 0.2) is 0 Å². The fourth-order valence-corrected chi connectivity index (χ4v) is 3.45. The number of aliphatic hydroxyl groups is 1. The number of rotatable bonds is 8. The van der Waals surface area contributed by atoms with Crippen LogP contribution in [0.5, 0.6) is 0 Å². The number of aryl methyl sites for hydroxylation is 1. The molecule has 0 radical (unpaired) electrons. The summed E-state index contributed by atoms with van der Waals surface area (Å²) in [5.41, 5.74) is 0. The summed E-state index contributed by atoms with van der Waals surface area (Å²) in [5, 5.41) is 12.8. The highest BCUT2D eigenvalue weighted by Gasteiger charge is 2.31. The van der Waals surface area contributed by atoms with Gasteiger partial charge in [0.25, 0.3) is 0 Å². The third-order valence-electron chi connectivity index (χ3n) is 3.30. The predicted octanol–water partition coefficient (Wildman–Crippen LogP) is 0.686. The average molecular weight is 287 g/mol. The maximum absolute atomic E-state index is 12.4. The smallest absolute Gasteiger partial charge is 0.246 e. The molecular formula is C12H21N3O3S. The number of hydrogen-bond acceptors (Lipinski definition) is 4. The van der Waals surface area contributed by atoms with E-state index in [9.17, 15) is 8.42 Å². The zero-order chi connectivity index (χ0) is 13.9. The molecule has 1 aromatic rings. The van der Waals surface area contributed by atoms with Gasteiger partial charge in [0, 0.05) is 32.4 Å². The first-order valence-electron chi connectivity index (χ1n) is 6.71. The van der Waals surface area contributed by atoms with Crippen LogP contribution < -0.4 is 0 Å². The molecule has 0 unspecified atom stereocenters. The van der Waals surface area contributed by atoms with Crippen LogP contribution in [0.15, 0.2) is 17.3 Å². The minimum absolute atomic E-state index is 0.0741. The summed E-state index contributed by atoms with van der Waals surface area (Å²) in [6.07, 6.45) is 5.76. The molecule has 0 bridgehead atoms. The summed E-state index contributed by atoms with van der Waals surface area (Å²) in [4.78, 5) is 0.243. The molecule has 108 valence electrons. The van der Waals surface area contributed by atoms with Gasteiger partial charge in [0.1, 0.15) is 4.90 Å². The number of aromatic nitrogens is 2. The molecule has 0 amide bonds. The van der Waals surface area contributed by atoms with Crippen molar-refractivity contribution in [3.8, 4) is 0 Å². The lowest BCUT2D eigenvalue weighted by molar-refractivity contribution is 0.277. The Kier molecular flexibility index (Phi) is 4.59. The molecule has 1 heterocycles. The first kappa shape index (κ1) is 14.5. The summed E-state index contributed by atoms with van der Waals surface area (Å²) >= 11 is 0. The molecule has 2 rings (SSSR count). The minimum atomic E-state index is -3.42. The lowest BCUT2D eigenvalue weighted by atomic mass is 10.4. The second-order valence-electron chi connectivity index (χ2n) is 4.92. The zero-order valence-electron chi connectivity index (χ0n) is 11.2. The fraction of sp³-hybridized carbons (Fsp3) is 0.750. The Hall–Kier alpha value is -0.920. The fourth-order valence-electron chi connectivity index (χ4n) is 1.97. The first-order chi connectivity index (χ1) is 9.07. The first-order valence-corrected chi connectivity index (χ1v) is 8.15. The lowest BCUT2D eigenvalue weighted by Gasteiger charge is -2.19. The monoisotopic (exact) mass is 287 g/mol. The van der Waals surface area contributed by atoms with E-state index in [0.29, 0.717) is 32.0 Å². The average Bonchev–Trinajstić information content (AvgIpc) is 3.08. The van der Waals surface area contributed by atoms with Gasteiger partial charge >= 0.3 is 0 Å². The van der Waals surface area contributed by atoms with Crippen LogP contribution in [0.4, 0.5) is 0 Å². The molecule has 1 aliphatic carbocycles. The van der Waals surface area contributed by atoms with Crippen LogP contribution in [-0.4, -0.2) is 47.3 Å². The molecule has 1 N–H and O–H groups in total. The third kappa shape index (κ3) is 3.55. The number of sulfonamides is 1. The third-order valence-corrected chi connectivity index (χ3v) is 5.20. The molecule has 0 aromatic carbocycles. The predicted molar refractivity (Wildman–Crippen MR) is 71.1 cm³/mol. The van der Waals surface area contributed by atoms with E-state index in [1.807, 2.05) is 6.92 Å². The summed E-state index contributed by atoms with van der Waals surface area (Å²) in [6, 6.07) is 0. The van der Waals surface area contributed by atoms with Crippen LogP contribution >= 0.6 is 0 Å². The van der Waals surface area contributed by atoms with Gasteiger partial charge in [-0.25, -0.2) is 8.42 Å². The summed E-state index contributed by atoms with van der Waals surface area (Å²) in [6.45, 7) is 3.56. The maximum Gasteiger partial charge on any atom is 0.246 e. The Balaban J connectivity index is 2.10. The van der Waals surface area contributed by atoms with Crippen molar-refractivity contribution >= 4 is 10.0 Å². The molecule has 0 saturated heterocycles. The van der Waals surface area contributed by atoms with Crippen molar-refractivity contribution in [2.45, 2.75) is 37.6 Å². The van der Waals surface area contributed by atoms with Gasteiger partial charge in [-0.2, -0.15) is 9.40 Å². The van der Waals surface area contributed by atoms with Crippen LogP contribution in [-0.2, 0) is 16.6 Å². The second-order valence-corrected chi connectivity index (χ2v) is 6.85. The van der Waals surface area contributed by atoms with E-state index >= 15 is 0 Å². The molecule has 0 spiro atoms. The van der Waals surface area contributed by atoms with Crippen molar-refractivity contribution in [3.05, 3.63) is 12.4 Å². The lowest BCUT2D eigenvalue weighted by Crippen LogP contribution is -2.32. The van der Waals surface area contributed by atoms with E-state index in [-0.39, 0.29) is 11.5 Å². The van der Waals surface area contributed by atoms with Gasteiger partial charge in [-0.15, -0.1) is 0 Å². The quantitative estimate of drug-likeness (QED) is 0.763. The van der Waals surface area contributed by atoms with Crippen molar-refractivity contribution in [1.82, 2.24) is 14.1 Å². The summed E-state index contributed by atoms with van der Waals surface area (Å²) < 4.78 is 28.0. The molecule has 1 aliphatic rings. The molecule has 7 heteroatoms. The van der Waals surface area contributed by atoms with Gasteiger partial charge in [-0.3, -0.25) is 4.68 Å². The Morgan fingerprint density at radius 2 is 2.26 bits per heavy atom. The van der Waals surface area contributed by atoms with Crippen molar-refractivity contribution in [2.24, 2.45) is 5.92 Å². The number of aliphatic hydroxyl groups excluding tert-OH is 1. The van der Waals surface area contributed by atoms with Crippen molar-refractivity contribution in [1.29, 1.82) is 0 Å². The zero-order valence-corrected chi connectivity index (χ0v) is 12.0. The minimum Gasteiger partial charge on any atom is -0.396 e. The molecule has 1 fully saturated rings. The molecule has 1 saturated carbocycles. The van der Waals surface area contributed by atoms with E-state index in [0.717, 1.165) is 12.8 Å². The topological polar surface area (TPSA) is 75.4 Å². The van der Waals surface area contributed by atoms with Gasteiger partial charge in [-0.05, 0) is 25.2 Å². The van der Waals surface area contributed by atoms with Crippen molar-refractivity contribution in [3.63, 3.8) is 0 Å². The summed E-state index contributed by atoms with van der Waals surface area (Å²) in [5.74, 6) is 0.527. The SMILES string of the molecule is CCN(CC1CC1)S(=O)(=O)c1cnn(CCCO)c1. The van der Waals surface area contributed by atoms with E-state index < -0.39 is 10.0 Å². The largest absolute Gasteiger partial charge is 0.396 e. The van der Waals surface area contributed by atoms with Crippen LogP contribution in [0, 0.1) is 5.92 Å². The number of nitrogens with zero attached hydrogens (tertiary/aromatic N) is 3. The van der Waals surface area contributed by atoms with Crippen LogP contribution in [0.3, 0.4) is 0 Å². The molecule has 0 aliphatic heterocycles. The highest BCUT2D eigenvalue weighted by Crippen LogP contribution is 2.31. The number of hydrogen-bond donors (Lipinski definition) is 1. The summed E-state index contributed by atoms with van der Waals surface area (Å²) in [7, 11) is -3.42. The van der Waals surface area contributed by atoms with Crippen LogP contribution in [0.25, 0.3) is 0 Å². The van der Waals surface area contributed by atoms with E-state index in [4.69, 9.17) is 5.11 Å². The van der Waals surface area contributed by atoms with E-state index in [1.165, 1.54) is 10.5 Å². The van der Waals surface area contributed by atoms with Crippen molar-refractivity contribution in [2.75, 3.05) is 19.7 Å². The highest BCUT2D eigenvalue weighted by molar-refractivity contribution is 7.89. The standard InChI is InChI=1S/C12H21N3O3S/c1-2-15(9-11-4-5-11)19(17,18)12-8-13-14(10-12)6-3-7-16/h8,10-11,16H,2-7,9H2,1H3. The van der Waals surface area contributed by atoms with Gasteiger partial charge < -0.3 is 5.11 Å². The normalized spacial score (nSPS) is 16.2. The van der Waals surface area contributed by atoms with Gasteiger partial charge in [-0.1, -0.05) is 6.92 Å². The highest BCUT2D eigenvalue weighted by atomic mass is 32.2. The molecule has 19 heavy (non-hydrogen) atoms. The Morgan fingerprint density at radius 3 is 2.84 bits per heavy atom. The molecule has 6 nitrogen and oxygen atoms in total.